The Hall–Kier alpha value is -1.93. The fourth-order valence-corrected chi connectivity index (χ4v) is 3.25. The monoisotopic (exact) mass is 312 g/mol. The number of nitrogens with two attached hydrogens (primary N) is 1. The summed E-state index contributed by atoms with van der Waals surface area (Å²) in [4.78, 5) is 3.64. The summed E-state index contributed by atoms with van der Waals surface area (Å²) in [7, 11) is -0.848. The van der Waals surface area contributed by atoms with Crippen LogP contribution < -0.4 is 5.73 Å². The predicted octanol–water partition coefficient (Wildman–Crippen LogP) is 1.27. The molecule has 0 saturated heterocycles. The molecule has 0 amide bonds. The van der Waals surface area contributed by atoms with Gasteiger partial charge < -0.3 is 10.3 Å². The first-order valence-corrected chi connectivity index (χ1v) is 7.65. The highest BCUT2D eigenvalue weighted by molar-refractivity contribution is 7.89. The zero-order valence-corrected chi connectivity index (χ0v) is 12.9. The van der Waals surface area contributed by atoms with E-state index in [0.717, 1.165) is 10.4 Å². The van der Waals surface area contributed by atoms with Gasteiger partial charge in [0.05, 0.1) is 6.54 Å². The molecule has 1 aromatic heterocycles. The second-order valence-electron chi connectivity index (χ2n) is 4.87. The summed E-state index contributed by atoms with van der Waals surface area (Å²) >= 11 is 0. The maximum atomic E-state index is 14.1. The Morgan fingerprint density at radius 2 is 2.10 bits per heavy atom. The highest BCUT2D eigenvalue weighted by Gasteiger charge is 2.26. The molecule has 0 aliphatic rings. The fraction of sp³-hybridized carbons (Fsp3) is 0.308. The van der Waals surface area contributed by atoms with Gasteiger partial charge in [-0.2, -0.15) is 4.31 Å². The van der Waals surface area contributed by atoms with E-state index in [4.69, 9.17) is 5.73 Å². The van der Waals surface area contributed by atoms with Crippen molar-refractivity contribution in [2.45, 2.75) is 18.4 Å². The van der Waals surface area contributed by atoms with Gasteiger partial charge in [0.1, 0.15) is 16.5 Å². The Balaban J connectivity index is 2.40. The van der Waals surface area contributed by atoms with Gasteiger partial charge >= 0.3 is 0 Å². The van der Waals surface area contributed by atoms with E-state index in [0.29, 0.717) is 5.82 Å². The van der Waals surface area contributed by atoms with Gasteiger partial charge in [-0.15, -0.1) is 0 Å². The molecule has 0 radical (unpaired) electrons. The second kappa shape index (κ2) is 5.45. The van der Waals surface area contributed by atoms with Crippen LogP contribution in [0.15, 0.2) is 29.4 Å². The molecule has 0 spiro atoms. The van der Waals surface area contributed by atoms with Crippen LogP contribution in [0.25, 0.3) is 0 Å². The third-order valence-corrected chi connectivity index (χ3v) is 5.02. The SMILES string of the molecule is Cc1cc(N)cc(S(=O)(=O)N(C)Cc2nccn2C)c1F. The molecule has 0 atom stereocenters. The van der Waals surface area contributed by atoms with Crippen molar-refractivity contribution in [3.63, 3.8) is 0 Å². The topological polar surface area (TPSA) is 81.2 Å². The Morgan fingerprint density at radius 1 is 1.43 bits per heavy atom. The molecule has 2 aromatic rings. The number of hydrogen-bond acceptors (Lipinski definition) is 4. The lowest BCUT2D eigenvalue weighted by Crippen LogP contribution is -2.28. The van der Waals surface area contributed by atoms with E-state index in [1.165, 1.54) is 20.0 Å². The number of benzene rings is 1. The molecule has 8 heteroatoms. The van der Waals surface area contributed by atoms with Gasteiger partial charge in [-0.3, -0.25) is 0 Å². The number of nitrogen functional groups attached to an aromatic ring is 1. The van der Waals surface area contributed by atoms with E-state index in [9.17, 15) is 12.8 Å². The lowest BCUT2D eigenvalue weighted by Gasteiger charge is -2.18. The molecule has 0 bridgehead atoms. The maximum Gasteiger partial charge on any atom is 0.246 e. The first-order valence-electron chi connectivity index (χ1n) is 6.21. The van der Waals surface area contributed by atoms with Crippen molar-refractivity contribution in [2.24, 2.45) is 7.05 Å². The van der Waals surface area contributed by atoms with Gasteiger partial charge in [-0.1, -0.05) is 0 Å². The Morgan fingerprint density at radius 3 is 2.67 bits per heavy atom. The van der Waals surface area contributed by atoms with Crippen LogP contribution in [-0.2, 0) is 23.6 Å². The van der Waals surface area contributed by atoms with Crippen molar-refractivity contribution >= 4 is 15.7 Å². The average Bonchev–Trinajstić information content (AvgIpc) is 2.79. The number of imidazole rings is 1. The van der Waals surface area contributed by atoms with Gasteiger partial charge in [0.15, 0.2) is 0 Å². The van der Waals surface area contributed by atoms with Crippen molar-refractivity contribution < 1.29 is 12.8 Å². The number of halogens is 1. The van der Waals surface area contributed by atoms with Crippen LogP contribution in [0.1, 0.15) is 11.4 Å². The first kappa shape index (κ1) is 15.5. The largest absolute Gasteiger partial charge is 0.399 e. The summed E-state index contributed by atoms with van der Waals surface area (Å²) in [5.74, 6) is -0.224. The van der Waals surface area contributed by atoms with Gasteiger partial charge in [0, 0.05) is 32.2 Å². The van der Waals surface area contributed by atoms with Crippen LogP contribution >= 0.6 is 0 Å². The summed E-state index contributed by atoms with van der Waals surface area (Å²) in [5, 5.41) is 0. The molecule has 2 rings (SSSR count). The zero-order chi connectivity index (χ0) is 15.8. The number of aromatic nitrogens is 2. The van der Waals surface area contributed by atoms with Crippen LogP contribution in [0, 0.1) is 12.7 Å². The maximum absolute atomic E-state index is 14.1. The van der Waals surface area contributed by atoms with Gasteiger partial charge in [-0.05, 0) is 24.6 Å². The molecule has 114 valence electrons. The zero-order valence-electron chi connectivity index (χ0n) is 12.0. The molecule has 0 aliphatic heterocycles. The van der Waals surface area contributed by atoms with Crippen molar-refractivity contribution in [1.82, 2.24) is 13.9 Å². The third-order valence-electron chi connectivity index (χ3n) is 3.22. The summed E-state index contributed by atoms with van der Waals surface area (Å²) in [6, 6.07) is 2.53. The van der Waals surface area contributed by atoms with E-state index in [1.807, 2.05) is 0 Å². The quantitative estimate of drug-likeness (QED) is 0.862. The average molecular weight is 312 g/mol. The minimum Gasteiger partial charge on any atom is -0.399 e. The van der Waals surface area contributed by atoms with Gasteiger partial charge in [0.2, 0.25) is 10.0 Å². The Bertz CT molecular complexity index is 770. The second-order valence-corrected chi connectivity index (χ2v) is 6.88. The molecule has 0 fully saturated rings. The van der Waals surface area contributed by atoms with E-state index in [2.05, 4.69) is 4.98 Å². The van der Waals surface area contributed by atoms with Crippen LogP contribution in [-0.4, -0.2) is 29.3 Å². The summed E-state index contributed by atoms with van der Waals surface area (Å²) in [6.07, 6.45) is 3.28. The van der Waals surface area contributed by atoms with Crippen molar-refractivity contribution in [1.29, 1.82) is 0 Å². The third kappa shape index (κ3) is 2.91. The van der Waals surface area contributed by atoms with E-state index >= 15 is 0 Å². The molecular weight excluding hydrogens is 295 g/mol. The van der Waals surface area contributed by atoms with Gasteiger partial charge in [-0.25, -0.2) is 17.8 Å². The lowest BCUT2D eigenvalue weighted by molar-refractivity contribution is 0.445. The molecule has 2 N–H and O–H groups in total. The lowest BCUT2D eigenvalue weighted by atomic mass is 10.2. The normalized spacial score (nSPS) is 12.0. The minimum absolute atomic E-state index is 0.0408. The molecule has 0 aliphatic carbocycles. The molecular formula is C13H17FN4O2S. The van der Waals surface area contributed by atoms with Crippen LogP contribution in [0.4, 0.5) is 10.1 Å². The van der Waals surface area contributed by atoms with Crippen LogP contribution in [0.2, 0.25) is 0 Å². The van der Waals surface area contributed by atoms with E-state index in [-0.39, 0.29) is 17.8 Å². The molecule has 0 unspecified atom stereocenters. The van der Waals surface area contributed by atoms with Crippen LogP contribution in [0.5, 0.6) is 0 Å². The standard InChI is InChI=1S/C13H17FN4O2S/c1-9-6-10(15)7-11(13(9)14)21(19,20)18(3)8-12-16-4-5-17(12)2/h4-7H,8,15H2,1-3H3. The number of aryl methyl sites for hydroxylation is 2. The number of nitrogens with zero attached hydrogens (tertiary/aromatic N) is 3. The number of anilines is 1. The summed E-state index contributed by atoms with van der Waals surface area (Å²) in [6.45, 7) is 1.52. The molecule has 6 nitrogen and oxygen atoms in total. The van der Waals surface area contributed by atoms with Crippen molar-refractivity contribution in [3.05, 3.63) is 41.7 Å². The summed E-state index contributed by atoms with van der Waals surface area (Å²) < 4.78 is 41.8. The number of sulfonamides is 1. The molecule has 1 aromatic carbocycles. The van der Waals surface area contributed by atoms with Crippen LogP contribution in [0.3, 0.4) is 0 Å². The highest BCUT2D eigenvalue weighted by Crippen LogP contribution is 2.24. The van der Waals surface area contributed by atoms with E-state index in [1.54, 1.807) is 24.0 Å². The highest BCUT2D eigenvalue weighted by atomic mass is 32.2. The summed E-state index contributed by atoms with van der Waals surface area (Å²) in [5.41, 5.74) is 6.02. The Kier molecular flexibility index (Phi) is 4.02. The number of hydrogen-bond donors (Lipinski definition) is 1. The first-order chi connectivity index (χ1) is 9.73. The smallest absolute Gasteiger partial charge is 0.246 e. The fourth-order valence-electron chi connectivity index (χ4n) is 1.95. The number of rotatable bonds is 4. The molecule has 0 saturated carbocycles. The molecule has 1 heterocycles. The predicted molar refractivity (Wildman–Crippen MR) is 77.4 cm³/mol. The van der Waals surface area contributed by atoms with Crippen molar-refractivity contribution in [2.75, 3.05) is 12.8 Å². The Labute approximate surface area is 123 Å². The van der Waals surface area contributed by atoms with Crippen molar-refractivity contribution in [3.8, 4) is 0 Å². The van der Waals surface area contributed by atoms with Gasteiger partial charge in [0.25, 0.3) is 0 Å². The van der Waals surface area contributed by atoms with E-state index < -0.39 is 20.7 Å². The molecule has 21 heavy (non-hydrogen) atoms. The minimum atomic E-state index is -3.98.